The second-order valence-electron chi connectivity index (χ2n) is 5.67. The lowest BCUT2D eigenvalue weighted by molar-refractivity contribution is 0.0245. The number of ether oxygens (including phenoxy) is 1. The molecule has 0 aromatic carbocycles. The van der Waals surface area contributed by atoms with E-state index in [0.717, 1.165) is 25.7 Å². The number of nitrogens with zero attached hydrogens (tertiary/aromatic N) is 1. The number of rotatable bonds is 7. The number of sulfonamides is 1. The molecule has 0 saturated heterocycles. The van der Waals surface area contributed by atoms with Crippen molar-refractivity contribution in [3.8, 4) is 0 Å². The van der Waals surface area contributed by atoms with Gasteiger partial charge in [-0.05, 0) is 38.2 Å². The quantitative estimate of drug-likeness (QED) is 0.734. The van der Waals surface area contributed by atoms with E-state index < -0.39 is 10.0 Å². The molecule has 3 N–H and O–H groups in total. The molecule has 1 aromatic heterocycles. The van der Waals surface area contributed by atoms with Crippen molar-refractivity contribution in [1.29, 1.82) is 0 Å². The molecule has 1 saturated carbocycles. The Morgan fingerprint density at radius 3 is 2.71 bits per heavy atom. The van der Waals surface area contributed by atoms with Gasteiger partial charge in [0.05, 0.1) is 11.0 Å². The number of aromatic nitrogens is 1. The van der Waals surface area contributed by atoms with Gasteiger partial charge in [-0.3, -0.25) is 0 Å². The predicted molar refractivity (Wildman–Crippen MR) is 81.4 cm³/mol. The van der Waals surface area contributed by atoms with Crippen molar-refractivity contribution in [3.05, 3.63) is 18.5 Å². The lowest BCUT2D eigenvalue weighted by Gasteiger charge is -2.26. The van der Waals surface area contributed by atoms with Crippen LogP contribution in [0.4, 0.5) is 0 Å². The molecule has 0 atom stereocenters. The van der Waals surface area contributed by atoms with Crippen molar-refractivity contribution in [2.45, 2.75) is 49.1 Å². The first-order valence-electron chi connectivity index (χ1n) is 7.46. The van der Waals surface area contributed by atoms with Gasteiger partial charge in [0.1, 0.15) is 0 Å². The van der Waals surface area contributed by atoms with E-state index in [0.29, 0.717) is 30.5 Å². The van der Waals surface area contributed by atoms with Gasteiger partial charge in [-0.2, -0.15) is 0 Å². The summed E-state index contributed by atoms with van der Waals surface area (Å²) >= 11 is 0. The molecule has 2 rings (SSSR count). The molecule has 0 amide bonds. The molecule has 1 aromatic rings. The molecule has 6 nitrogen and oxygen atoms in total. The highest BCUT2D eigenvalue weighted by Gasteiger charge is 2.19. The third kappa shape index (κ3) is 5.10. The van der Waals surface area contributed by atoms with Crippen LogP contribution in [-0.2, 0) is 21.8 Å². The predicted octanol–water partition coefficient (Wildman–Crippen LogP) is 0.980. The number of nitrogens with one attached hydrogen (secondary N) is 1. The van der Waals surface area contributed by atoms with Crippen molar-refractivity contribution >= 4 is 10.0 Å². The monoisotopic (exact) mass is 315 g/mol. The normalized spacial score (nSPS) is 23.3. The van der Waals surface area contributed by atoms with Crippen LogP contribution in [0, 0.1) is 0 Å². The first kappa shape index (κ1) is 16.5. The maximum atomic E-state index is 12.0. The molecule has 1 aliphatic rings. The Morgan fingerprint density at radius 1 is 1.38 bits per heavy atom. The lowest BCUT2D eigenvalue weighted by atomic mass is 9.94. The molecule has 0 radical (unpaired) electrons. The smallest absolute Gasteiger partial charge is 0.242 e. The molecular weight excluding hydrogens is 290 g/mol. The summed E-state index contributed by atoms with van der Waals surface area (Å²) in [5.41, 5.74) is 5.84. The summed E-state index contributed by atoms with van der Waals surface area (Å²) in [4.78, 5) is 0.298. The molecule has 21 heavy (non-hydrogen) atoms. The third-order valence-corrected chi connectivity index (χ3v) is 5.25. The fourth-order valence-corrected chi connectivity index (χ4v) is 3.63. The third-order valence-electron chi connectivity index (χ3n) is 3.80. The Balaban J connectivity index is 1.63. The molecule has 7 heteroatoms. The fraction of sp³-hybridized carbons (Fsp3) is 0.714. The number of hydrogen-bond acceptors (Lipinski definition) is 4. The summed E-state index contributed by atoms with van der Waals surface area (Å²) in [6.07, 6.45) is 8.32. The van der Waals surface area contributed by atoms with Crippen LogP contribution < -0.4 is 10.5 Å². The van der Waals surface area contributed by atoms with E-state index in [9.17, 15) is 8.42 Å². The first-order valence-corrected chi connectivity index (χ1v) is 8.94. The lowest BCUT2D eigenvalue weighted by Crippen LogP contribution is -2.31. The standard InChI is InChI=1S/C14H25N3O3S/c1-17-9-7-14(11-17)21(18,19)16-8-2-10-20-13-5-3-12(15)4-6-13/h7,9,11-13,16H,2-6,8,10,15H2,1H3. The van der Waals surface area contributed by atoms with E-state index in [-0.39, 0.29) is 6.10 Å². The Hall–Kier alpha value is -0.890. The molecule has 1 aliphatic carbocycles. The highest BCUT2D eigenvalue weighted by Crippen LogP contribution is 2.19. The van der Waals surface area contributed by atoms with Crippen LogP contribution in [0.3, 0.4) is 0 Å². The summed E-state index contributed by atoms with van der Waals surface area (Å²) in [6.45, 7) is 0.973. The fourth-order valence-electron chi connectivity index (χ4n) is 2.50. The number of nitrogens with two attached hydrogens (primary N) is 1. The molecule has 0 unspecified atom stereocenters. The summed E-state index contributed by atoms with van der Waals surface area (Å²) in [5.74, 6) is 0. The maximum Gasteiger partial charge on any atom is 0.242 e. The minimum absolute atomic E-state index is 0.288. The average molecular weight is 315 g/mol. The Labute approximate surface area is 126 Å². The summed E-state index contributed by atoms with van der Waals surface area (Å²) in [5, 5.41) is 0. The largest absolute Gasteiger partial charge is 0.378 e. The van der Waals surface area contributed by atoms with Crippen LogP contribution >= 0.6 is 0 Å². The number of aryl methyl sites for hydroxylation is 1. The van der Waals surface area contributed by atoms with Gasteiger partial charge >= 0.3 is 0 Å². The van der Waals surface area contributed by atoms with Crippen molar-refractivity contribution in [2.24, 2.45) is 12.8 Å². The molecule has 0 bridgehead atoms. The second kappa shape index (κ2) is 7.40. The second-order valence-corrected chi connectivity index (χ2v) is 7.44. The summed E-state index contributed by atoms with van der Waals surface area (Å²) in [7, 11) is -1.60. The van der Waals surface area contributed by atoms with Gasteiger partial charge in [-0.25, -0.2) is 13.1 Å². The van der Waals surface area contributed by atoms with Gasteiger partial charge in [0.2, 0.25) is 10.0 Å². The van der Waals surface area contributed by atoms with E-state index in [1.165, 1.54) is 0 Å². The molecule has 1 heterocycles. The molecule has 120 valence electrons. The first-order chi connectivity index (χ1) is 9.97. The van der Waals surface area contributed by atoms with E-state index >= 15 is 0 Å². The minimum atomic E-state index is -3.39. The zero-order valence-electron chi connectivity index (χ0n) is 12.5. The van der Waals surface area contributed by atoms with Crippen LogP contribution in [0.5, 0.6) is 0 Å². The average Bonchev–Trinajstić information content (AvgIpc) is 2.88. The minimum Gasteiger partial charge on any atom is -0.378 e. The molecule has 1 fully saturated rings. The molecule has 0 spiro atoms. The maximum absolute atomic E-state index is 12.0. The van der Waals surface area contributed by atoms with Gasteiger partial charge in [-0.1, -0.05) is 0 Å². The van der Waals surface area contributed by atoms with Crippen molar-refractivity contribution in [2.75, 3.05) is 13.2 Å². The van der Waals surface area contributed by atoms with Crippen LogP contribution in [0.25, 0.3) is 0 Å². The zero-order chi connectivity index (χ0) is 15.3. The SMILES string of the molecule is Cn1ccc(S(=O)(=O)NCCCOC2CCC(N)CC2)c1. The zero-order valence-corrected chi connectivity index (χ0v) is 13.3. The highest BCUT2D eigenvalue weighted by atomic mass is 32.2. The van der Waals surface area contributed by atoms with Crippen molar-refractivity contribution in [3.63, 3.8) is 0 Å². The van der Waals surface area contributed by atoms with Gasteiger partial charge in [0, 0.05) is 38.6 Å². The summed E-state index contributed by atoms with van der Waals surface area (Å²) in [6, 6.07) is 1.91. The Bertz CT molecular complexity index is 533. The summed E-state index contributed by atoms with van der Waals surface area (Å²) < 4.78 is 34.0. The van der Waals surface area contributed by atoms with Crippen molar-refractivity contribution < 1.29 is 13.2 Å². The number of hydrogen-bond donors (Lipinski definition) is 2. The van der Waals surface area contributed by atoms with Crippen LogP contribution in [0.1, 0.15) is 32.1 Å². The Kier molecular flexibility index (Phi) is 5.80. The van der Waals surface area contributed by atoms with E-state index in [1.807, 2.05) is 0 Å². The van der Waals surface area contributed by atoms with Gasteiger partial charge in [0.15, 0.2) is 0 Å². The molecule has 0 aliphatic heterocycles. The van der Waals surface area contributed by atoms with E-state index in [4.69, 9.17) is 10.5 Å². The van der Waals surface area contributed by atoms with Crippen LogP contribution in [-0.4, -0.2) is 38.3 Å². The van der Waals surface area contributed by atoms with Gasteiger partial charge in [-0.15, -0.1) is 0 Å². The van der Waals surface area contributed by atoms with Gasteiger partial charge in [0.25, 0.3) is 0 Å². The topological polar surface area (TPSA) is 86.3 Å². The highest BCUT2D eigenvalue weighted by molar-refractivity contribution is 7.89. The van der Waals surface area contributed by atoms with Crippen LogP contribution in [0.2, 0.25) is 0 Å². The Morgan fingerprint density at radius 2 is 2.10 bits per heavy atom. The van der Waals surface area contributed by atoms with Crippen LogP contribution in [0.15, 0.2) is 23.4 Å². The van der Waals surface area contributed by atoms with Gasteiger partial charge < -0.3 is 15.0 Å². The molecular formula is C14H25N3O3S. The van der Waals surface area contributed by atoms with E-state index in [1.54, 1.807) is 30.1 Å². The van der Waals surface area contributed by atoms with E-state index in [2.05, 4.69) is 4.72 Å². The van der Waals surface area contributed by atoms with Crippen molar-refractivity contribution in [1.82, 2.24) is 9.29 Å².